The van der Waals surface area contributed by atoms with Gasteiger partial charge in [-0.15, -0.1) is 0 Å². The summed E-state index contributed by atoms with van der Waals surface area (Å²) in [6, 6.07) is 1.45. The van der Waals surface area contributed by atoms with Crippen LogP contribution in [0, 0.1) is 12.8 Å². The van der Waals surface area contributed by atoms with Crippen molar-refractivity contribution in [2.75, 3.05) is 50.9 Å². The van der Waals surface area contributed by atoms with Crippen LogP contribution in [0.1, 0.15) is 25.5 Å². The number of nitrogens with zero attached hydrogens (tertiary/aromatic N) is 4. The van der Waals surface area contributed by atoms with Crippen molar-refractivity contribution < 1.29 is 19.1 Å². The summed E-state index contributed by atoms with van der Waals surface area (Å²) < 4.78 is 11.9. The average Bonchev–Trinajstić information content (AvgIpc) is 2.70. The normalized spacial score (nSPS) is 18.2. The molecule has 0 radical (unpaired) electrons. The lowest BCUT2D eigenvalue weighted by Crippen LogP contribution is -2.45. The van der Waals surface area contributed by atoms with Crippen molar-refractivity contribution in [1.29, 1.82) is 0 Å². The molecule has 2 aliphatic heterocycles. The Kier molecular flexibility index (Phi) is 6.66. The lowest BCUT2D eigenvalue weighted by molar-refractivity contribution is -0.151. The Morgan fingerprint density at radius 2 is 1.89 bits per heavy atom. The van der Waals surface area contributed by atoms with Crippen LogP contribution < -0.4 is 10.5 Å². The number of amides is 1. The number of hydrogen-bond donors (Lipinski definition) is 0. The molecule has 9 nitrogen and oxygen atoms in total. The molecule has 0 unspecified atom stereocenters. The fraction of sp³-hybridized carbons (Fsp3) is 0.684. The van der Waals surface area contributed by atoms with Gasteiger partial charge in [0.2, 0.25) is 11.9 Å². The largest absolute Gasteiger partial charge is 0.466 e. The number of piperidine rings is 1. The molecule has 1 aromatic heterocycles. The van der Waals surface area contributed by atoms with E-state index in [1.54, 1.807) is 18.7 Å². The summed E-state index contributed by atoms with van der Waals surface area (Å²) in [5.41, 5.74) is 0.397. The van der Waals surface area contributed by atoms with Gasteiger partial charge in [0.1, 0.15) is 6.54 Å². The number of aryl methyl sites for hydroxylation is 1. The third-order valence-corrected chi connectivity index (χ3v) is 5.17. The maximum absolute atomic E-state index is 12.8. The van der Waals surface area contributed by atoms with Gasteiger partial charge in [0.25, 0.3) is 5.56 Å². The fourth-order valence-electron chi connectivity index (χ4n) is 3.62. The Morgan fingerprint density at radius 1 is 1.21 bits per heavy atom. The summed E-state index contributed by atoms with van der Waals surface area (Å²) >= 11 is 0. The van der Waals surface area contributed by atoms with E-state index in [0.29, 0.717) is 70.5 Å². The van der Waals surface area contributed by atoms with Crippen LogP contribution in [0.4, 0.5) is 5.95 Å². The van der Waals surface area contributed by atoms with Crippen molar-refractivity contribution in [2.24, 2.45) is 5.92 Å². The van der Waals surface area contributed by atoms with E-state index in [-0.39, 0.29) is 29.9 Å². The first-order valence-electron chi connectivity index (χ1n) is 9.85. The molecule has 9 heteroatoms. The number of carbonyl (C=O) groups is 2. The van der Waals surface area contributed by atoms with Crippen molar-refractivity contribution >= 4 is 17.8 Å². The predicted molar refractivity (Wildman–Crippen MR) is 102 cm³/mol. The van der Waals surface area contributed by atoms with E-state index in [1.807, 2.05) is 4.90 Å². The standard InChI is InChI=1S/C19H28N4O5/c1-3-28-18(26)15-4-6-21(7-5-15)17(25)13-23-16(24)12-14(2)20-19(23)22-8-10-27-11-9-22/h12,15H,3-11,13H2,1-2H3. The molecule has 0 bridgehead atoms. The second-order valence-electron chi connectivity index (χ2n) is 7.13. The Bertz CT molecular complexity index is 764. The van der Waals surface area contributed by atoms with Gasteiger partial charge >= 0.3 is 5.97 Å². The number of rotatable bonds is 5. The molecule has 0 atom stereocenters. The third-order valence-electron chi connectivity index (χ3n) is 5.17. The molecule has 3 heterocycles. The van der Waals surface area contributed by atoms with E-state index >= 15 is 0 Å². The summed E-state index contributed by atoms with van der Waals surface area (Å²) in [6.45, 7) is 7.26. The molecule has 154 valence electrons. The minimum Gasteiger partial charge on any atom is -0.466 e. The monoisotopic (exact) mass is 392 g/mol. The van der Waals surface area contributed by atoms with Gasteiger partial charge in [-0.3, -0.25) is 19.0 Å². The zero-order valence-corrected chi connectivity index (χ0v) is 16.6. The number of hydrogen-bond acceptors (Lipinski definition) is 7. The Balaban J connectivity index is 1.69. The molecule has 0 aliphatic carbocycles. The predicted octanol–water partition coefficient (Wildman–Crippen LogP) is 0.190. The number of carbonyl (C=O) groups excluding carboxylic acids is 2. The van der Waals surface area contributed by atoms with Gasteiger partial charge in [0, 0.05) is 37.9 Å². The van der Waals surface area contributed by atoms with E-state index in [0.717, 1.165) is 0 Å². The van der Waals surface area contributed by atoms with E-state index < -0.39 is 0 Å². The minimum atomic E-state index is -0.233. The van der Waals surface area contributed by atoms with Crippen LogP contribution >= 0.6 is 0 Å². The van der Waals surface area contributed by atoms with Crippen LogP contribution in [0.2, 0.25) is 0 Å². The highest BCUT2D eigenvalue weighted by molar-refractivity contribution is 5.77. The molecular weight excluding hydrogens is 364 g/mol. The van der Waals surface area contributed by atoms with Crippen LogP contribution in [0.5, 0.6) is 0 Å². The molecule has 0 aromatic carbocycles. The summed E-state index contributed by atoms with van der Waals surface area (Å²) in [5, 5.41) is 0. The highest BCUT2D eigenvalue weighted by Gasteiger charge is 2.29. The Morgan fingerprint density at radius 3 is 2.54 bits per heavy atom. The van der Waals surface area contributed by atoms with E-state index in [9.17, 15) is 14.4 Å². The molecule has 2 fully saturated rings. The molecule has 2 saturated heterocycles. The summed E-state index contributed by atoms with van der Waals surface area (Å²) in [7, 11) is 0. The first-order chi connectivity index (χ1) is 13.5. The van der Waals surface area contributed by atoms with Crippen molar-refractivity contribution in [3.8, 4) is 0 Å². The van der Waals surface area contributed by atoms with Gasteiger partial charge in [-0.1, -0.05) is 0 Å². The van der Waals surface area contributed by atoms with E-state index in [2.05, 4.69) is 4.98 Å². The molecule has 2 aliphatic rings. The highest BCUT2D eigenvalue weighted by Crippen LogP contribution is 2.19. The topological polar surface area (TPSA) is 94.0 Å². The second-order valence-corrected chi connectivity index (χ2v) is 7.13. The Labute approximate surface area is 164 Å². The van der Waals surface area contributed by atoms with Crippen molar-refractivity contribution in [1.82, 2.24) is 14.5 Å². The molecule has 0 saturated carbocycles. The number of aromatic nitrogens is 2. The van der Waals surface area contributed by atoms with Crippen LogP contribution in [0.25, 0.3) is 0 Å². The van der Waals surface area contributed by atoms with Crippen LogP contribution in [0.3, 0.4) is 0 Å². The molecule has 3 rings (SSSR count). The van der Waals surface area contributed by atoms with Crippen molar-refractivity contribution in [2.45, 2.75) is 33.2 Å². The Hall–Kier alpha value is -2.42. The lowest BCUT2D eigenvalue weighted by Gasteiger charge is -2.32. The zero-order chi connectivity index (χ0) is 20.1. The first kappa shape index (κ1) is 20.3. The number of anilines is 1. The molecule has 0 spiro atoms. The average molecular weight is 392 g/mol. The highest BCUT2D eigenvalue weighted by atomic mass is 16.5. The third kappa shape index (κ3) is 4.70. The number of ether oxygens (including phenoxy) is 2. The summed E-state index contributed by atoms with van der Waals surface area (Å²) in [5.74, 6) is 0.0347. The molecule has 1 amide bonds. The van der Waals surface area contributed by atoms with Crippen molar-refractivity contribution in [3.05, 3.63) is 22.1 Å². The number of morpholine rings is 1. The van der Waals surface area contributed by atoms with Crippen molar-refractivity contribution in [3.63, 3.8) is 0 Å². The minimum absolute atomic E-state index is 0.0527. The second kappa shape index (κ2) is 9.18. The van der Waals surface area contributed by atoms with Gasteiger partial charge in [-0.25, -0.2) is 4.98 Å². The fourth-order valence-corrected chi connectivity index (χ4v) is 3.62. The van der Waals surface area contributed by atoms with Crippen LogP contribution in [0.15, 0.2) is 10.9 Å². The zero-order valence-electron chi connectivity index (χ0n) is 16.6. The number of esters is 1. The quantitative estimate of drug-likeness (QED) is 0.660. The van der Waals surface area contributed by atoms with E-state index in [4.69, 9.17) is 9.47 Å². The van der Waals surface area contributed by atoms with Gasteiger partial charge in [0.05, 0.1) is 25.7 Å². The van der Waals surface area contributed by atoms with E-state index in [1.165, 1.54) is 10.6 Å². The molecule has 28 heavy (non-hydrogen) atoms. The maximum Gasteiger partial charge on any atom is 0.309 e. The number of likely N-dealkylation sites (tertiary alicyclic amines) is 1. The van der Waals surface area contributed by atoms with Gasteiger partial charge < -0.3 is 19.3 Å². The van der Waals surface area contributed by atoms with Gasteiger partial charge in [-0.05, 0) is 26.7 Å². The first-order valence-corrected chi connectivity index (χ1v) is 9.85. The SMILES string of the molecule is CCOC(=O)C1CCN(C(=O)Cn2c(N3CCOCC3)nc(C)cc2=O)CC1. The van der Waals surface area contributed by atoms with Gasteiger partial charge in [0.15, 0.2) is 0 Å². The summed E-state index contributed by atoms with van der Waals surface area (Å²) in [6.07, 6.45) is 1.17. The van der Waals surface area contributed by atoms with Gasteiger partial charge in [-0.2, -0.15) is 0 Å². The smallest absolute Gasteiger partial charge is 0.309 e. The maximum atomic E-state index is 12.8. The molecular formula is C19H28N4O5. The molecule has 1 aromatic rings. The van der Waals surface area contributed by atoms with Crippen LogP contribution in [-0.2, 0) is 25.6 Å². The van der Waals surface area contributed by atoms with Crippen LogP contribution in [-0.4, -0.2) is 72.3 Å². The summed E-state index contributed by atoms with van der Waals surface area (Å²) in [4.78, 5) is 45.5. The molecule has 0 N–H and O–H groups in total. The lowest BCUT2D eigenvalue weighted by atomic mass is 9.97.